The molecule has 0 bridgehead atoms. The van der Waals surface area contributed by atoms with E-state index in [1.54, 1.807) is 12.4 Å². The zero-order valence-corrected chi connectivity index (χ0v) is 14.7. The molecule has 2 unspecified atom stereocenters. The highest BCUT2D eigenvalue weighted by molar-refractivity contribution is 5.93. The predicted molar refractivity (Wildman–Crippen MR) is 101 cm³/mol. The Morgan fingerprint density at radius 1 is 1.07 bits per heavy atom. The van der Waals surface area contributed by atoms with Crippen LogP contribution in [0.5, 0.6) is 0 Å². The van der Waals surface area contributed by atoms with Crippen LogP contribution in [-0.4, -0.2) is 32.1 Å². The van der Waals surface area contributed by atoms with Crippen LogP contribution in [0.25, 0.3) is 0 Å². The average molecular weight is 363 g/mol. The van der Waals surface area contributed by atoms with E-state index < -0.39 is 0 Å². The highest BCUT2D eigenvalue weighted by atomic mass is 16.2. The lowest BCUT2D eigenvalue weighted by Crippen LogP contribution is -2.39. The van der Waals surface area contributed by atoms with Gasteiger partial charge in [-0.05, 0) is 36.1 Å². The van der Waals surface area contributed by atoms with Crippen molar-refractivity contribution < 1.29 is 4.79 Å². The van der Waals surface area contributed by atoms with Crippen molar-refractivity contribution in [2.45, 2.75) is 31.3 Å². The SMILES string of the molecule is O=C(Nc1n[nH]c(CCc2ccccc2)n1)C1CC(c2ccncc2)NN1. The second-order valence-corrected chi connectivity index (χ2v) is 6.49. The molecular formula is C19H21N7O. The topological polar surface area (TPSA) is 108 Å². The number of hydrazine groups is 1. The Kier molecular flexibility index (Phi) is 5.17. The number of hydrogen-bond donors (Lipinski definition) is 4. The Morgan fingerprint density at radius 2 is 1.89 bits per heavy atom. The van der Waals surface area contributed by atoms with Crippen molar-refractivity contribution in [1.29, 1.82) is 0 Å². The van der Waals surface area contributed by atoms with Gasteiger partial charge in [-0.15, -0.1) is 5.10 Å². The van der Waals surface area contributed by atoms with E-state index in [1.807, 2.05) is 30.3 Å². The third-order valence-corrected chi connectivity index (χ3v) is 4.59. The summed E-state index contributed by atoms with van der Waals surface area (Å²) in [6, 6.07) is 13.8. The van der Waals surface area contributed by atoms with Crippen molar-refractivity contribution >= 4 is 11.9 Å². The van der Waals surface area contributed by atoms with Gasteiger partial charge in [0.05, 0.1) is 0 Å². The summed E-state index contributed by atoms with van der Waals surface area (Å²) < 4.78 is 0. The molecule has 0 spiro atoms. The number of hydrogen-bond acceptors (Lipinski definition) is 6. The van der Waals surface area contributed by atoms with Crippen molar-refractivity contribution in [2.24, 2.45) is 0 Å². The zero-order valence-electron chi connectivity index (χ0n) is 14.7. The summed E-state index contributed by atoms with van der Waals surface area (Å²) in [6.45, 7) is 0. The van der Waals surface area contributed by atoms with Gasteiger partial charge in [-0.2, -0.15) is 4.98 Å². The molecule has 1 amide bonds. The quantitative estimate of drug-likeness (QED) is 0.529. The molecule has 2 atom stereocenters. The van der Waals surface area contributed by atoms with Crippen molar-refractivity contribution in [2.75, 3.05) is 5.32 Å². The Labute approximate surface area is 156 Å². The molecule has 1 fully saturated rings. The molecule has 8 nitrogen and oxygen atoms in total. The summed E-state index contributed by atoms with van der Waals surface area (Å²) in [7, 11) is 0. The second kappa shape index (κ2) is 8.07. The normalized spacial score (nSPS) is 19.1. The maximum Gasteiger partial charge on any atom is 0.248 e. The standard InChI is InChI=1S/C19H21N7O/c27-18(16-12-15(23-24-16)14-8-10-20-11-9-14)22-19-21-17(25-26-19)7-6-13-4-2-1-3-5-13/h1-5,8-11,15-16,23-24H,6-7,12H2,(H2,21,22,25,26,27). The smallest absolute Gasteiger partial charge is 0.248 e. The van der Waals surface area contributed by atoms with E-state index in [0.29, 0.717) is 12.4 Å². The number of carbonyl (C=O) groups is 1. The number of pyridine rings is 1. The molecule has 1 aliphatic heterocycles. The van der Waals surface area contributed by atoms with Crippen LogP contribution < -0.4 is 16.2 Å². The first-order valence-electron chi connectivity index (χ1n) is 8.95. The lowest BCUT2D eigenvalue weighted by Gasteiger charge is -2.08. The minimum absolute atomic E-state index is 0.0670. The second-order valence-electron chi connectivity index (χ2n) is 6.49. The van der Waals surface area contributed by atoms with E-state index in [1.165, 1.54) is 5.56 Å². The number of nitrogens with zero attached hydrogens (tertiary/aromatic N) is 3. The molecule has 27 heavy (non-hydrogen) atoms. The maximum atomic E-state index is 12.5. The van der Waals surface area contributed by atoms with Crippen molar-refractivity contribution in [1.82, 2.24) is 31.0 Å². The number of H-pyrrole nitrogens is 1. The summed E-state index contributed by atoms with van der Waals surface area (Å²) in [5.74, 6) is 0.895. The molecule has 4 rings (SSSR count). The van der Waals surface area contributed by atoms with E-state index in [2.05, 4.69) is 48.5 Å². The molecule has 3 aromatic rings. The minimum atomic E-state index is -0.352. The van der Waals surface area contributed by atoms with E-state index in [-0.39, 0.29) is 18.0 Å². The van der Waals surface area contributed by atoms with Gasteiger partial charge in [-0.3, -0.25) is 20.2 Å². The summed E-state index contributed by atoms with van der Waals surface area (Å²) >= 11 is 0. The number of aromatic amines is 1. The number of carbonyl (C=O) groups excluding carboxylic acids is 1. The largest absolute Gasteiger partial charge is 0.292 e. The monoisotopic (exact) mass is 363 g/mol. The van der Waals surface area contributed by atoms with Gasteiger partial charge in [0, 0.05) is 24.9 Å². The summed E-state index contributed by atoms with van der Waals surface area (Å²) in [5.41, 5.74) is 8.51. The number of aromatic nitrogens is 4. The van der Waals surface area contributed by atoms with Crippen LogP contribution in [0.3, 0.4) is 0 Å². The summed E-state index contributed by atoms with van der Waals surface area (Å²) in [4.78, 5) is 20.8. The maximum absolute atomic E-state index is 12.5. The van der Waals surface area contributed by atoms with E-state index in [9.17, 15) is 4.79 Å². The number of rotatable bonds is 6. The van der Waals surface area contributed by atoms with Crippen LogP contribution in [0.4, 0.5) is 5.95 Å². The molecule has 2 aromatic heterocycles. The summed E-state index contributed by atoms with van der Waals surface area (Å²) in [5, 5.41) is 9.75. The number of nitrogens with one attached hydrogen (secondary N) is 4. The highest BCUT2D eigenvalue weighted by Crippen LogP contribution is 2.21. The molecule has 1 aliphatic rings. The molecule has 4 N–H and O–H groups in total. The number of amides is 1. The first-order chi connectivity index (χ1) is 13.3. The molecular weight excluding hydrogens is 342 g/mol. The molecule has 0 saturated carbocycles. The van der Waals surface area contributed by atoms with Gasteiger partial charge < -0.3 is 0 Å². The fourth-order valence-corrected chi connectivity index (χ4v) is 3.11. The fraction of sp³-hybridized carbons (Fsp3) is 0.263. The van der Waals surface area contributed by atoms with Crippen LogP contribution in [0.2, 0.25) is 0 Å². The van der Waals surface area contributed by atoms with E-state index >= 15 is 0 Å². The molecule has 1 saturated heterocycles. The number of aryl methyl sites for hydroxylation is 2. The number of anilines is 1. The van der Waals surface area contributed by atoms with Gasteiger partial charge in [0.1, 0.15) is 11.9 Å². The van der Waals surface area contributed by atoms with E-state index in [4.69, 9.17) is 0 Å². The van der Waals surface area contributed by atoms with Crippen molar-refractivity contribution in [3.63, 3.8) is 0 Å². The van der Waals surface area contributed by atoms with Gasteiger partial charge in [0.25, 0.3) is 0 Å². The Hall–Kier alpha value is -3.10. The van der Waals surface area contributed by atoms with Gasteiger partial charge in [-0.25, -0.2) is 10.9 Å². The van der Waals surface area contributed by atoms with Crippen molar-refractivity contribution in [3.05, 3.63) is 71.8 Å². The first kappa shape index (κ1) is 17.3. The lowest BCUT2D eigenvalue weighted by molar-refractivity contribution is -0.117. The van der Waals surface area contributed by atoms with Crippen LogP contribution in [-0.2, 0) is 17.6 Å². The molecule has 8 heteroatoms. The molecule has 1 aromatic carbocycles. The lowest BCUT2D eigenvalue weighted by atomic mass is 10.0. The zero-order chi connectivity index (χ0) is 18.5. The van der Waals surface area contributed by atoms with Crippen LogP contribution in [0, 0.1) is 0 Å². The average Bonchev–Trinajstić information content (AvgIpc) is 3.38. The third-order valence-electron chi connectivity index (χ3n) is 4.59. The van der Waals surface area contributed by atoms with Crippen LogP contribution in [0.1, 0.15) is 29.4 Å². The van der Waals surface area contributed by atoms with Gasteiger partial charge in [-0.1, -0.05) is 30.3 Å². The molecule has 138 valence electrons. The number of benzene rings is 1. The fourth-order valence-electron chi connectivity index (χ4n) is 3.11. The van der Waals surface area contributed by atoms with Gasteiger partial charge in [0.15, 0.2) is 0 Å². The minimum Gasteiger partial charge on any atom is -0.292 e. The molecule has 3 heterocycles. The Balaban J connectivity index is 1.29. The Bertz CT molecular complexity index is 881. The highest BCUT2D eigenvalue weighted by Gasteiger charge is 2.30. The summed E-state index contributed by atoms with van der Waals surface area (Å²) in [6.07, 6.45) is 5.73. The van der Waals surface area contributed by atoms with Crippen LogP contribution in [0.15, 0.2) is 54.9 Å². The van der Waals surface area contributed by atoms with Crippen molar-refractivity contribution in [3.8, 4) is 0 Å². The van der Waals surface area contributed by atoms with Gasteiger partial charge >= 0.3 is 0 Å². The van der Waals surface area contributed by atoms with Gasteiger partial charge in [0.2, 0.25) is 11.9 Å². The Morgan fingerprint density at radius 3 is 2.70 bits per heavy atom. The third kappa shape index (κ3) is 4.36. The van der Waals surface area contributed by atoms with Crippen LogP contribution >= 0.6 is 0 Å². The van der Waals surface area contributed by atoms with E-state index in [0.717, 1.165) is 24.2 Å². The first-order valence-corrected chi connectivity index (χ1v) is 8.95. The molecule has 0 radical (unpaired) electrons. The molecule has 0 aliphatic carbocycles. The predicted octanol–water partition coefficient (Wildman–Crippen LogP) is 1.53.